The molecule has 0 bridgehead atoms. The SMILES string of the molecule is CCN1/C(=C\C(=O)c2ccccc2NS(=O)(=O)c2cccs2)C(C)(C)c2c1ccc1ccccc21. The second-order valence-electron chi connectivity index (χ2n) is 9.03. The first-order chi connectivity index (χ1) is 16.7. The summed E-state index contributed by atoms with van der Waals surface area (Å²) in [7, 11) is -3.77. The van der Waals surface area contributed by atoms with Gasteiger partial charge in [-0.15, -0.1) is 11.3 Å². The van der Waals surface area contributed by atoms with E-state index in [-0.39, 0.29) is 15.7 Å². The number of hydrogen-bond donors (Lipinski definition) is 1. The van der Waals surface area contributed by atoms with Crippen LogP contribution in [0.25, 0.3) is 10.8 Å². The number of rotatable bonds is 6. The lowest BCUT2D eigenvalue weighted by Gasteiger charge is -2.26. The van der Waals surface area contributed by atoms with Gasteiger partial charge in [-0.05, 0) is 52.9 Å². The number of nitrogens with zero attached hydrogens (tertiary/aromatic N) is 1. The Morgan fingerprint density at radius 1 is 1.00 bits per heavy atom. The van der Waals surface area contributed by atoms with Crippen molar-refractivity contribution < 1.29 is 13.2 Å². The number of allylic oxidation sites excluding steroid dienone is 2. The summed E-state index contributed by atoms with van der Waals surface area (Å²) in [5.41, 5.74) is 3.36. The van der Waals surface area contributed by atoms with Crippen molar-refractivity contribution in [1.82, 2.24) is 0 Å². The minimum Gasteiger partial charge on any atom is -0.344 e. The van der Waals surface area contributed by atoms with Gasteiger partial charge < -0.3 is 4.90 Å². The Morgan fingerprint density at radius 2 is 1.74 bits per heavy atom. The van der Waals surface area contributed by atoms with E-state index in [1.165, 1.54) is 10.9 Å². The van der Waals surface area contributed by atoms with Gasteiger partial charge in [0.15, 0.2) is 5.78 Å². The Labute approximate surface area is 209 Å². The first kappa shape index (κ1) is 23.3. The van der Waals surface area contributed by atoms with Gasteiger partial charge in [-0.3, -0.25) is 9.52 Å². The van der Waals surface area contributed by atoms with Crippen LogP contribution < -0.4 is 9.62 Å². The molecule has 1 aliphatic rings. The van der Waals surface area contributed by atoms with E-state index in [2.05, 4.69) is 54.7 Å². The monoisotopic (exact) mass is 502 g/mol. The quantitative estimate of drug-likeness (QED) is 0.239. The van der Waals surface area contributed by atoms with Crippen LogP contribution in [0.15, 0.2) is 94.2 Å². The van der Waals surface area contributed by atoms with Gasteiger partial charge in [-0.25, -0.2) is 8.42 Å². The molecule has 0 amide bonds. The van der Waals surface area contributed by atoms with E-state index in [4.69, 9.17) is 0 Å². The number of para-hydroxylation sites is 1. The van der Waals surface area contributed by atoms with Gasteiger partial charge in [0.1, 0.15) is 4.21 Å². The Hall–Kier alpha value is -3.42. The third-order valence-electron chi connectivity index (χ3n) is 6.53. The maximum absolute atomic E-state index is 13.6. The van der Waals surface area contributed by atoms with Gasteiger partial charge in [0.05, 0.1) is 5.69 Å². The molecule has 4 aromatic rings. The van der Waals surface area contributed by atoms with Crippen LogP contribution in [0.3, 0.4) is 0 Å². The number of sulfonamides is 1. The zero-order valence-electron chi connectivity index (χ0n) is 19.8. The van der Waals surface area contributed by atoms with Crippen molar-refractivity contribution in [3.8, 4) is 0 Å². The Morgan fingerprint density at radius 3 is 2.49 bits per heavy atom. The molecule has 7 heteroatoms. The van der Waals surface area contributed by atoms with Crippen LogP contribution in [0.4, 0.5) is 11.4 Å². The molecule has 2 heterocycles. The van der Waals surface area contributed by atoms with Crippen molar-refractivity contribution in [2.75, 3.05) is 16.2 Å². The summed E-state index contributed by atoms with van der Waals surface area (Å²) >= 11 is 1.13. The molecule has 1 aliphatic heterocycles. The lowest BCUT2D eigenvalue weighted by atomic mass is 9.80. The second-order valence-corrected chi connectivity index (χ2v) is 11.9. The highest BCUT2D eigenvalue weighted by molar-refractivity contribution is 7.94. The molecular weight excluding hydrogens is 476 g/mol. The molecule has 178 valence electrons. The second kappa shape index (κ2) is 8.66. The average Bonchev–Trinajstić information content (AvgIpc) is 3.46. The van der Waals surface area contributed by atoms with Gasteiger partial charge in [0, 0.05) is 35.0 Å². The van der Waals surface area contributed by atoms with Gasteiger partial charge in [-0.2, -0.15) is 0 Å². The van der Waals surface area contributed by atoms with Gasteiger partial charge in [0.25, 0.3) is 10.0 Å². The Bertz CT molecular complexity index is 1570. The van der Waals surface area contributed by atoms with Crippen molar-refractivity contribution in [3.05, 3.63) is 101 Å². The third kappa shape index (κ3) is 3.94. The van der Waals surface area contributed by atoms with Gasteiger partial charge in [-0.1, -0.05) is 62.4 Å². The average molecular weight is 503 g/mol. The van der Waals surface area contributed by atoms with Crippen LogP contribution in [0.2, 0.25) is 0 Å². The molecule has 1 aromatic heterocycles. The Kier molecular flexibility index (Phi) is 5.77. The van der Waals surface area contributed by atoms with Crippen molar-refractivity contribution in [3.63, 3.8) is 0 Å². The van der Waals surface area contributed by atoms with Crippen molar-refractivity contribution in [2.24, 2.45) is 0 Å². The number of benzene rings is 3. The number of hydrogen-bond acceptors (Lipinski definition) is 5. The van der Waals surface area contributed by atoms with E-state index in [0.717, 1.165) is 28.1 Å². The molecule has 0 aliphatic carbocycles. The lowest BCUT2D eigenvalue weighted by molar-refractivity contribution is 0.104. The van der Waals surface area contributed by atoms with Crippen LogP contribution in [0.5, 0.6) is 0 Å². The molecule has 5 rings (SSSR count). The van der Waals surface area contributed by atoms with Crippen LogP contribution in [-0.4, -0.2) is 20.7 Å². The predicted octanol–water partition coefficient (Wildman–Crippen LogP) is 6.59. The molecule has 0 radical (unpaired) electrons. The first-order valence-corrected chi connectivity index (χ1v) is 13.8. The molecule has 1 N–H and O–H groups in total. The molecule has 0 saturated heterocycles. The summed E-state index contributed by atoms with van der Waals surface area (Å²) in [5, 5.41) is 4.04. The topological polar surface area (TPSA) is 66.5 Å². The van der Waals surface area contributed by atoms with E-state index >= 15 is 0 Å². The molecule has 0 spiro atoms. The first-order valence-electron chi connectivity index (χ1n) is 11.5. The number of anilines is 2. The zero-order valence-corrected chi connectivity index (χ0v) is 21.4. The summed E-state index contributed by atoms with van der Waals surface area (Å²) in [6.45, 7) is 7.05. The molecule has 5 nitrogen and oxygen atoms in total. The summed E-state index contributed by atoms with van der Waals surface area (Å²) in [6, 6.07) is 22.5. The van der Waals surface area contributed by atoms with Crippen molar-refractivity contribution in [1.29, 1.82) is 0 Å². The van der Waals surface area contributed by atoms with Crippen molar-refractivity contribution >= 4 is 49.3 Å². The molecule has 0 atom stereocenters. The number of ketones is 1. The minimum absolute atomic E-state index is 0.203. The number of nitrogens with one attached hydrogen (secondary N) is 1. The highest BCUT2D eigenvalue weighted by atomic mass is 32.2. The predicted molar refractivity (Wildman–Crippen MR) is 144 cm³/mol. The smallest absolute Gasteiger partial charge is 0.271 e. The van der Waals surface area contributed by atoms with E-state index < -0.39 is 15.4 Å². The van der Waals surface area contributed by atoms with Gasteiger partial charge in [0.2, 0.25) is 0 Å². The molecular formula is C28H26N2O3S2. The largest absolute Gasteiger partial charge is 0.344 e. The molecule has 0 unspecified atom stereocenters. The zero-order chi connectivity index (χ0) is 24.8. The van der Waals surface area contributed by atoms with Crippen LogP contribution in [0, 0.1) is 0 Å². The van der Waals surface area contributed by atoms with Crippen molar-refractivity contribution in [2.45, 2.75) is 30.4 Å². The summed E-state index contributed by atoms with van der Waals surface area (Å²) in [6.07, 6.45) is 1.66. The summed E-state index contributed by atoms with van der Waals surface area (Å²) in [5.74, 6) is -0.242. The number of carbonyl (C=O) groups is 1. The standard InChI is InChI=1S/C28H26N2O3S2/c1-4-30-23-16-15-19-10-5-6-11-20(19)27(23)28(2,3)25(30)18-24(31)21-12-7-8-13-22(21)29-35(32,33)26-14-9-17-34-26/h5-18,29H,4H2,1-3H3/b25-18-. The Balaban J connectivity index is 1.58. The fourth-order valence-electron chi connectivity index (χ4n) is 4.94. The molecule has 0 fully saturated rings. The van der Waals surface area contributed by atoms with Crippen LogP contribution in [0.1, 0.15) is 36.7 Å². The number of carbonyl (C=O) groups excluding carboxylic acids is 1. The fourth-order valence-corrected chi connectivity index (χ4v) is 7.01. The van der Waals surface area contributed by atoms with Crippen LogP contribution >= 0.6 is 11.3 Å². The number of thiophene rings is 1. The fraction of sp³-hybridized carbons (Fsp3) is 0.179. The number of likely N-dealkylation sites (N-methyl/N-ethyl adjacent to an activating group) is 1. The summed E-state index contributed by atoms with van der Waals surface area (Å²) < 4.78 is 28.4. The normalized spacial score (nSPS) is 16.0. The van der Waals surface area contributed by atoms with Gasteiger partial charge >= 0.3 is 0 Å². The summed E-state index contributed by atoms with van der Waals surface area (Å²) in [4.78, 5) is 15.8. The van der Waals surface area contributed by atoms with E-state index in [1.54, 1.807) is 47.9 Å². The van der Waals surface area contributed by atoms with E-state index in [9.17, 15) is 13.2 Å². The maximum Gasteiger partial charge on any atom is 0.271 e. The molecule has 0 saturated carbocycles. The van der Waals surface area contributed by atoms with E-state index in [1.807, 2.05) is 12.1 Å². The van der Waals surface area contributed by atoms with Crippen LogP contribution in [-0.2, 0) is 15.4 Å². The molecule has 3 aromatic carbocycles. The lowest BCUT2D eigenvalue weighted by Crippen LogP contribution is -2.27. The highest BCUT2D eigenvalue weighted by Gasteiger charge is 2.41. The minimum atomic E-state index is -3.77. The third-order valence-corrected chi connectivity index (χ3v) is 9.30. The molecule has 35 heavy (non-hydrogen) atoms. The number of fused-ring (bicyclic) bond motifs is 3. The highest BCUT2D eigenvalue weighted by Crippen LogP contribution is 2.50. The van der Waals surface area contributed by atoms with E-state index in [0.29, 0.717) is 12.1 Å². The maximum atomic E-state index is 13.6.